The van der Waals surface area contributed by atoms with Crippen LogP contribution in [0.3, 0.4) is 0 Å². The van der Waals surface area contributed by atoms with Gasteiger partial charge in [-0.2, -0.15) is 0 Å². The topological polar surface area (TPSA) is 66.4 Å². The first kappa shape index (κ1) is 14.4. The fourth-order valence-corrected chi connectivity index (χ4v) is 4.41. The Kier molecular flexibility index (Phi) is 4.19. The Morgan fingerprint density at radius 3 is 2.71 bits per heavy atom. The van der Waals surface area contributed by atoms with Gasteiger partial charge < -0.3 is 10.4 Å². The first-order valence-electron chi connectivity index (χ1n) is 7.43. The molecule has 0 radical (unpaired) electrons. The summed E-state index contributed by atoms with van der Waals surface area (Å²) in [5, 5.41) is 12.1. The highest BCUT2D eigenvalue weighted by Crippen LogP contribution is 2.37. The molecular weight excluding hydrogens is 286 g/mol. The van der Waals surface area contributed by atoms with Crippen LogP contribution in [0, 0.1) is 5.92 Å². The van der Waals surface area contributed by atoms with Gasteiger partial charge in [0.2, 0.25) is 5.91 Å². The molecule has 1 saturated carbocycles. The molecule has 3 atom stereocenters. The lowest BCUT2D eigenvalue weighted by Gasteiger charge is -2.30. The zero-order valence-electron chi connectivity index (χ0n) is 11.7. The molecule has 1 aromatic carbocycles. The van der Waals surface area contributed by atoms with Crippen molar-refractivity contribution in [2.75, 3.05) is 0 Å². The quantitative estimate of drug-likeness (QED) is 0.900. The highest BCUT2D eigenvalue weighted by Gasteiger charge is 2.35. The van der Waals surface area contributed by atoms with Crippen LogP contribution in [-0.4, -0.2) is 28.3 Å². The highest BCUT2D eigenvalue weighted by molar-refractivity contribution is 8.01. The zero-order chi connectivity index (χ0) is 14.8. The molecule has 0 bridgehead atoms. The molecule has 3 unspecified atom stereocenters. The van der Waals surface area contributed by atoms with Gasteiger partial charge in [0.25, 0.3) is 0 Å². The molecule has 0 saturated heterocycles. The number of amides is 1. The Morgan fingerprint density at radius 2 is 1.95 bits per heavy atom. The lowest BCUT2D eigenvalue weighted by molar-refractivity contribution is -0.144. The Balaban J connectivity index is 1.63. The van der Waals surface area contributed by atoms with E-state index in [9.17, 15) is 14.7 Å². The number of thioether (sulfide) groups is 1. The molecule has 0 spiro atoms. The minimum absolute atomic E-state index is 0.0191. The molecule has 2 N–H and O–H groups in total. The van der Waals surface area contributed by atoms with Crippen molar-refractivity contribution in [2.24, 2.45) is 5.92 Å². The van der Waals surface area contributed by atoms with E-state index in [1.165, 1.54) is 5.56 Å². The second-order valence-corrected chi connectivity index (χ2v) is 7.01. The average molecular weight is 305 g/mol. The number of nitrogens with one attached hydrogen (secondary N) is 1. The second kappa shape index (κ2) is 6.10. The van der Waals surface area contributed by atoms with Crippen LogP contribution in [0.25, 0.3) is 0 Å². The summed E-state index contributed by atoms with van der Waals surface area (Å²) in [5.41, 5.74) is 1.21. The van der Waals surface area contributed by atoms with Gasteiger partial charge >= 0.3 is 5.97 Å². The minimum atomic E-state index is -0.789. The predicted octanol–water partition coefficient (Wildman–Crippen LogP) is 2.46. The Bertz CT molecular complexity index is 535. The maximum Gasteiger partial charge on any atom is 0.308 e. The predicted molar refractivity (Wildman–Crippen MR) is 81.3 cm³/mol. The number of aliphatic carboxylic acids is 1. The first-order chi connectivity index (χ1) is 10.1. The number of rotatable bonds is 3. The van der Waals surface area contributed by atoms with E-state index in [1.807, 2.05) is 18.2 Å². The molecule has 1 fully saturated rings. The van der Waals surface area contributed by atoms with Gasteiger partial charge in [0, 0.05) is 10.9 Å². The van der Waals surface area contributed by atoms with Gasteiger partial charge in [-0.25, -0.2) is 0 Å². The highest BCUT2D eigenvalue weighted by atomic mass is 32.2. The fraction of sp³-hybridized carbons (Fsp3) is 0.500. The molecule has 0 aromatic heterocycles. The second-order valence-electron chi connectivity index (χ2n) is 5.76. The summed E-state index contributed by atoms with van der Waals surface area (Å²) in [5.74, 6) is -1.24. The molecular formula is C16H19NO3S. The lowest BCUT2D eigenvalue weighted by atomic mass is 9.84. The molecule has 1 aliphatic heterocycles. The van der Waals surface area contributed by atoms with Crippen molar-refractivity contribution in [1.82, 2.24) is 5.32 Å². The van der Waals surface area contributed by atoms with Crippen molar-refractivity contribution in [3.63, 3.8) is 0 Å². The Labute approximate surface area is 128 Å². The van der Waals surface area contributed by atoms with E-state index in [0.29, 0.717) is 6.42 Å². The largest absolute Gasteiger partial charge is 0.481 e. The van der Waals surface area contributed by atoms with Gasteiger partial charge in [-0.15, -0.1) is 11.8 Å². The molecule has 1 amide bonds. The molecule has 1 heterocycles. The lowest BCUT2D eigenvalue weighted by Crippen LogP contribution is -2.47. The van der Waals surface area contributed by atoms with Crippen LogP contribution in [-0.2, 0) is 16.0 Å². The van der Waals surface area contributed by atoms with Crippen LogP contribution in [0.15, 0.2) is 29.2 Å². The van der Waals surface area contributed by atoms with Crippen LogP contribution in [0.1, 0.15) is 31.2 Å². The average Bonchev–Trinajstić information content (AvgIpc) is 2.91. The first-order valence-corrected chi connectivity index (χ1v) is 8.31. The number of hydrogen-bond acceptors (Lipinski definition) is 3. The van der Waals surface area contributed by atoms with Crippen LogP contribution in [0.4, 0.5) is 0 Å². The van der Waals surface area contributed by atoms with Crippen molar-refractivity contribution in [2.45, 2.75) is 48.3 Å². The summed E-state index contributed by atoms with van der Waals surface area (Å²) < 4.78 is 0. The monoisotopic (exact) mass is 305 g/mol. The summed E-state index contributed by atoms with van der Waals surface area (Å²) in [6.45, 7) is 0. The molecule has 112 valence electrons. The van der Waals surface area contributed by atoms with Gasteiger partial charge in [-0.1, -0.05) is 31.0 Å². The number of hydrogen-bond donors (Lipinski definition) is 2. The number of carbonyl (C=O) groups is 2. The summed E-state index contributed by atoms with van der Waals surface area (Å²) in [4.78, 5) is 24.9. The van der Waals surface area contributed by atoms with Gasteiger partial charge in [0.1, 0.15) is 0 Å². The SMILES string of the molecule is O=C(NC1CCCCC1C(=O)O)C1Cc2ccccc2S1. The van der Waals surface area contributed by atoms with Crippen molar-refractivity contribution in [3.05, 3.63) is 29.8 Å². The van der Waals surface area contributed by atoms with Gasteiger partial charge in [0.15, 0.2) is 0 Å². The van der Waals surface area contributed by atoms with Gasteiger partial charge in [-0.05, 0) is 30.9 Å². The smallest absolute Gasteiger partial charge is 0.308 e. The van der Waals surface area contributed by atoms with Crippen LogP contribution < -0.4 is 5.32 Å². The van der Waals surface area contributed by atoms with Crippen molar-refractivity contribution in [3.8, 4) is 0 Å². The zero-order valence-corrected chi connectivity index (χ0v) is 12.6. The summed E-state index contributed by atoms with van der Waals surface area (Å²) >= 11 is 1.58. The van der Waals surface area contributed by atoms with E-state index in [1.54, 1.807) is 11.8 Å². The third-order valence-electron chi connectivity index (χ3n) is 4.35. The Hall–Kier alpha value is -1.49. The van der Waals surface area contributed by atoms with Crippen molar-refractivity contribution >= 4 is 23.6 Å². The summed E-state index contributed by atoms with van der Waals surface area (Å²) in [7, 11) is 0. The number of carboxylic acids is 1. The van der Waals surface area contributed by atoms with E-state index in [4.69, 9.17) is 0 Å². The maximum absolute atomic E-state index is 12.4. The summed E-state index contributed by atoms with van der Waals surface area (Å²) in [6.07, 6.45) is 4.10. The maximum atomic E-state index is 12.4. The molecule has 4 nitrogen and oxygen atoms in total. The van der Waals surface area contributed by atoms with Crippen LogP contribution in [0.2, 0.25) is 0 Å². The van der Waals surface area contributed by atoms with Gasteiger partial charge in [-0.3, -0.25) is 9.59 Å². The van der Waals surface area contributed by atoms with Crippen LogP contribution in [0.5, 0.6) is 0 Å². The van der Waals surface area contributed by atoms with Gasteiger partial charge in [0.05, 0.1) is 11.2 Å². The fourth-order valence-electron chi connectivity index (χ4n) is 3.20. The molecule has 2 aliphatic rings. The van der Waals surface area contributed by atoms with Crippen molar-refractivity contribution in [1.29, 1.82) is 0 Å². The minimum Gasteiger partial charge on any atom is -0.481 e. The number of fused-ring (bicyclic) bond motifs is 1. The Morgan fingerprint density at radius 1 is 1.19 bits per heavy atom. The molecule has 1 aromatic rings. The molecule has 5 heteroatoms. The number of carboxylic acid groups (broad SMARTS) is 1. The molecule has 3 rings (SSSR count). The van der Waals surface area contributed by atoms with E-state index < -0.39 is 11.9 Å². The van der Waals surface area contributed by atoms with Crippen LogP contribution >= 0.6 is 11.8 Å². The number of benzene rings is 1. The van der Waals surface area contributed by atoms with E-state index >= 15 is 0 Å². The normalized spacial score (nSPS) is 27.9. The van der Waals surface area contributed by atoms with E-state index in [2.05, 4.69) is 11.4 Å². The third-order valence-corrected chi connectivity index (χ3v) is 5.67. The number of carbonyl (C=O) groups excluding carboxylic acids is 1. The molecule has 21 heavy (non-hydrogen) atoms. The summed E-state index contributed by atoms with van der Waals surface area (Å²) in [6, 6.07) is 7.84. The molecule has 1 aliphatic carbocycles. The van der Waals surface area contributed by atoms with Crippen molar-refractivity contribution < 1.29 is 14.7 Å². The third kappa shape index (κ3) is 3.07. The van der Waals surface area contributed by atoms with E-state index in [-0.39, 0.29) is 17.2 Å². The standard InChI is InChI=1S/C16H19NO3S/c18-15(14-9-10-5-1-4-8-13(10)21-14)17-12-7-3-2-6-11(12)16(19)20/h1,4-5,8,11-12,14H,2-3,6-7,9H2,(H,17,18)(H,19,20). The van der Waals surface area contributed by atoms with E-state index in [0.717, 1.165) is 30.6 Å².